The largest absolute Gasteiger partial charge is 0.399 e. The van der Waals surface area contributed by atoms with Crippen LogP contribution in [0.1, 0.15) is 79.5 Å². The number of aliphatic hydroxyl groups is 1. The second-order valence-corrected chi connectivity index (χ2v) is 14.3. The number of carbonyl (C=O) groups is 2. The molecule has 1 aliphatic heterocycles. The zero-order valence-corrected chi connectivity index (χ0v) is 32.5. The van der Waals surface area contributed by atoms with Gasteiger partial charge in [0.25, 0.3) is 5.91 Å². The molecule has 3 aromatic rings. The lowest BCUT2D eigenvalue weighted by Crippen LogP contribution is -2.45. The quantitative estimate of drug-likeness (QED) is 0.0306. The van der Waals surface area contributed by atoms with Crippen LogP contribution in [0.3, 0.4) is 0 Å². The lowest BCUT2D eigenvalue weighted by molar-refractivity contribution is 0.0554. The first-order chi connectivity index (χ1) is 26.2. The van der Waals surface area contributed by atoms with Crippen LogP contribution in [0.25, 0.3) is 10.9 Å². The van der Waals surface area contributed by atoms with Gasteiger partial charge in [-0.3, -0.25) is 9.59 Å². The Morgan fingerprint density at radius 2 is 1.80 bits per heavy atom. The number of amides is 1. The number of fused-ring (bicyclic) bond motifs is 1. The van der Waals surface area contributed by atoms with Crippen molar-refractivity contribution in [3.05, 3.63) is 71.6 Å². The minimum absolute atomic E-state index is 0.171. The Labute approximate surface area is 321 Å². The van der Waals surface area contributed by atoms with Crippen molar-refractivity contribution >= 4 is 34.9 Å². The summed E-state index contributed by atoms with van der Waals surface area (Å²) in [4.78, 5) is 37.5. The number of likely N-dealkylation sites (N-methyl/N-ethyl adjacent to an activating group) is 1. The van der Waals surface area contributed by atoms with Gasteiger partial charge in [-0.1, -0.05) is 50.6 Å². The third-order valence-corrected chi connectivity index (χ3v) is 9.80. The van der Waals surface area contributed by atoms with Gasteiger partial charge in [-0.05, 0) is 76.4 Å². The molecular weight excluding hydrogens is 683 g/mol. The fourth-order valence-electron chi connectivity index (χ4n) is 6.81. The van der Waals surface area contributed by atoms with Crippen molar-refractivity contribution < 1.29 is 14.7 Å². The number of benzene rings is 2. The van der Waals surface area contributed by atoms with Crippen molar-refractivity contribution in [2.24, 2.45) is 11.6 Å². The van der Waals surface area contributed by atoms with Crippen molar-refractivity contribution in [1.29, 1.82) is 0 Å². The van der Waals surface area contributed by atoms with Crippen molar-refractivity contribution in [2.75, 3.05) is 76.6 Å². The summed E-state index contributed by atoms with van der Waals surface area (Å²) in [6.45, 7) is 10.6. The van der Waals surface area contributed by atoms with Gasteiger partial charge >= 0.3 is 0 Å². The molecule has 1 aliphatic rings. The molecule has 1 amide bonds. The number of para-hydroxylation sites is 1. The fourth-order valence-corrected chi connectivity index (χ4v) is 6.81. The number of anilines is 2. The summed E-state index contributed by atoms with van der Waals surface area (Å²) in [5, 5.41) is 27.4. The minimum atomic E-state index is -0.720. The zero-order chi connectivity index (χ0) is 38.7. The number of aldehydes is 1. The number of likely N-dealkylation sites (tertiary alicyclic amines) is 1. The molecule has 4 rings (SSSR count). The summed E-state index contributed by atoms with van der Waals surface area (Å²) in [5.74, 6) is 7.16. The van der Waals surface area contributed by atoms with Gasteiger partial charge in [0.15, 0.2) is 6.29 Å². The molecule has 0 saturated carbocycles. The third kappa shape index (κ3) is 13.8. The Balaban J connectivity index is 1.19. The Kier molecular flexibility index (Phi) is 17.9. The van der Waals surface area contributed by atoms with Gasteiger partial charge in [-0.15, -0.1) is 0 Å². The van der Waals surface area contributed by atoms with Crippen LogP contribution < -0.4 is 32.8 Å². The van der Waals surface area contributed by atoms with E-state index >= 15 is 0 Å². The Bertz CT molecular complexity index is 1610. The predicted molar refractivity (Wildman–Crippen MR) is 218 cm³/mol. The number of hydrazine groups is 1. The highest BCUT2D eigenvalue weighted by molar-refractivity contribution is 6.01. The van der Waals surface area contributed by atoms with Crippen LogP contribution in [0, 0.1) is 0 Å². The SMILES string of the molecule is CCCC(CC)NCCCNCCCN(N)/C=C(\N)CNc1nc(NC2CCN(CC(O)CN(C)C(=O)c3ccccc3C=O)CC2)c2ccccc2n1. The molecule has 54 heavy (non-hydrogen) atoms. The maximum absolute atomic E-state index is 12.9. The van der Waals surface area contributed by atoms with Gasteiger partial charge in [-0.25, -0.2) is 10.8 Å². The van der Waals surface area contributed by atoms with Gasteiger partial charge in [-0.2, -0.15) is 4.98 Å². The lowest BCUT2D eigenvalue weighted by atomic mass is 10.0. The summed E-state index contributed by atoms with van der Waals surface area (Å²) in [6.07, 6.45) is 9.09. The third-order valence-electron chi connectivity index (χ3n) is 9.80. The minimum Gasteiger partial charge on any atom is -0.399 e. The number of nitrogens with one attached hydrogen (secondary N) is 4. The number of rotatable bonds is 24. The molecule has 2 unspecified atom stereocenters. The number of aromatic nitrogens is 2. The second-order valence-electron chi connectivity index (χ2n) is 14.3. The Morgan fingerprint density at radius 3 is 2.56 bits per heavy atom. The van der Waals surface area contributed by atoms with E-state index < -0.39 is 6.10 Å². The average Bonchev–Trinajstić information content (AvgIpc) is 3.18. The first-order valence-corrected chi connectivity index (χ1v) is 19.6. The molecule has 1 fully saturated rings. The van der Waals surface area contributed by atoms with Crippen molar-refractivity contribution in [3.63, 3.8) is 0 Å². The van der Waals surface area contributed by atoms with E-state index in [2.05, 4.69) is 40.0 Å². The number of hydrogen-bond acceptors (Lipinski definition) is 13. The molecule has 296 valence electrons. The molecule has 0 bridgehead atoms. The summed E-state index contributed by atoms with van der Waals surface area (Å²) in [5.41, 5.74) is 8.40. The number of nitrogens with two attached hydrogens (primary N) is 2. The molecule has 0 aliphatic carbocycles. The zero-order valence-electron chi connectivity index (χ0n) is 32.5. The van der Waals surface area contributed by atoms with Crippen LogP contribution in [0.15, 0.2) is 60.4 Å². The molecule has 2 heterocycles. The molecule has 0 radical (unpaired) electrons. The van der Waals surface area contributed by atoms with E-state index in [-0.39, 0.29) is 18.5 Å². The second kappa shape index (κ2) is 22.8. The molecule has 1 aromatic heterocycles. The molecule has 0 spiro atoms. The van der Waals surface area contributed by atoms with Gasteiger partial charge in [0.2, 0.25) is 5.95 Å². The van der Waals surface area contributed by atoms with Crippen LogP contribution in [0.5, 0.6) is 0 Å². The number of aliphatic hydroxyl groups excluding tert-OH is 1. The summed E-state index contributed by atoms with van der Waals surface area (Å²) in [6, 6.07) is 15.4. The first kappa shape index (κ1) is 42.4. The normalized spacial score (nSPS) is 15.2. The van der Waals surface area contributed by atoms with Crippen LogP contribution in [-0.2, 0) is 0 Å². The molecular formula is C40H63N11O3. The van der Waals surface area contributed by atoms with Crippen molar-refractivity contribution in [2.45, 2.75) is 77.0 Å². The molecule has 14 nitrogen and oxygen atoms in total. The van der Waals surface area contributed by atoms with E-state index in [0.717, 1.165) is 75.1 Å². The highest BCUT2D eigenvalue weighted by Crippen LogP contribution is 2.25. The average molecular weight is 746 g/mol. The lowest BCUT2D eigenvalue weighted by Gasteiger charge is -2.34. The fraction of sp³-hybridized carbons (Fsp3) is 0.550. The maximum Gasteiger partial charge on any atom is 0.254 e. The smallest absolute Gasteiger partial charge is 0.254 e. The standard InChI is InChI=1S/C40H63N11O3/c1-4-12-32(5-2)44-21-10-19-43-20-11-22-51(42)26-31(41)25-45-40-47-37-16-9-8-15-36(37)38(48-40)46-33-17-23-50(24-18-33)28-34(53)27-49(3)39(54)35-14-7-6-13-30(35)29-52/h6-9,13-16,26,29,32-34,43-44,53H,4-5,10-12,17-25,27-28,41-42H2,1-3H3,(H2,45,46,47,48)/b31-26-. The first-order valence-electron chi connectivity index (χ1n) is 19.6. The van der Waals surface area contributed by atoms with Crippen LogP contribution >= 0.6 is 0 Å². The highest BCUT2D eigenvalue weighted by Gasteiger charge is 2.24. The van der Waals surface area contributed by atoms with Crippen molar-refractivity contribution in [3.8, 4) is 0 Å². The van der Waals surface area contributed by atoms with Gasteiger partial charge in [0, 0.05) is 74.7 Å². The van der Waals surface area contributed by atoms with E-state index in [4.69, 9.17) is 21.5 Å². The van der Waals surface area contributed by atoms with Gasteiger partial charge < -0.3 is 46.9 Å². The van der Waals surface area contributed by atoms with E-state index in [1.165, 1.54) is 24.2 Å². The van der Waals surface area contributed by atoms with E-state index in [1.807, 2.05) is 24.3 Å². The molecule has 14 heteroatoms. The molecule has 9 N–H and O–H groups in total. The van der Waals surface area contributed by atoms with Crippen LogP contribution in [0.4, 0.5) is 11.8 Å². The monoisotopic (exact) mass is 746 g/mol. The molecule has 1 saturated heterocycles. The topological polar surface area (TPSA) is 190 Å². The maximum atomic E-state index is 12.9. The van der Waals surface area contributed by atoms with Gasteiger partial charge in [0.05, 0.1) is 23.7 Å². The molecule has 2 aromatic carbocycles. The summed E-state index contributed by atoms with van der Waals surface area (Å²) < 4.78 is 0. The summed E-state index contributed by atoms with van der Waals surface area (Å²) in [7, 11) is 1.65. The van der Waals surface area contributed by atoms with E-state index in [1.54, 1.807) is 42.5 Å². The Morgan fingerprint density at radius 1 is 1.06 bits per heavy atom. The van der Waals surface area contributed by atoms with Gasteiger partial charge in [0.1, 0.15) is 5.82 Å². The Hall–Kier alpha value is -4.34. The number of hydrogen-bond donors (Lipinski definition) is 7. The van der Waals surface area contributed by atoms with E-state index in [0.29, 0.717) is 54.7 Å². The van der Waals surface area contributed by atoms with Crippen molar-refractivity contribution in [1.82, 2.24) is 35.4 Å². The number of carbonyl (C=O) groups excluding carboxylic acids is 2. The number of nitrogens with zero attached hydrogens (tertiary/aromatic N) is 5. The highest BCUT2D eigenvalue weighted by atomic mass is 16.3. The molecule has 2 atom stereocenters. The van der Waals surface area contributed by atoms with Crippen LogP contribution in [-0.4, -0.2) is 126 Å². The summed E-state index contributed by atoms with van der Waals surface area (Å²) >= 11 is 0. The van der Waals surface area contributed by atoms with Crippen LogP contribution in [0.2, 0.25) is 0 Å². The predicted octanol–water partition coefficient (Wildman–Crippen LogP) is 3.38. The number of β-amino-alcohol motifs (C(OH)–C–C–N with tert-alkyl or cyclic N) is 1. The van der Waals surface area contributed by atoms with E-state index in [9.17, 15) is 14.7 Å². The number of piperidine rings is 1.